The zero-order valence-corrected chi connectivity index (χ0v) is 15.8. The SMILES string of the molecule is Cc1ccn(C2CC2)c(=O)c1C(=O)N1CCC(C(O)c2nccn2C)CC1. The number of carbonyl (C=O) groups is 1. The molecule has 1 N–H and O–H groups in total. The molecule has 7 nitrogen and oxygen atoms in total. The lowest BCUT2D eigenvalue weighted by atomic mass is 9.90. The van der Waals surface area contributed by atoms with E-state index in [0.717, 1.165) is 18.4 Å². The Bertz CT molecular complexity index is 904. The van der Waals surface area contributed by atoms with Crippen molar-refractivity contribution in [3.8, 4) is 0 Å². The molecule has 1 unspecified atom stereocenters. The molecule has 7 heteroatoms. The summed E-state index contributed by atoms with van der Waals surface area (Å²) in [5.74, 6) is 0.540. The number of pyridine rings is 1. The summed E-state index contributed by atoms with van der Waals surface area (Å²) in [6, 6.07) is 2.12. The first-order chi connectivity index (χ1) is 13.0. The highest BCUT2D eigenvalue weighted by Gasteiger charge is 2.33. The van der Waals surface area contributed by atoms with Gasteiger partial charge in [0.15, 0.2) is 0 Å². The number of aliphatic hydroxyl groups excluding tert-OH is 1. The summed E-state index contributed by atoms with van der Waals surface area (Å²) in [6.07, 6.45) is 8.08. The molecule has 2 aromatic rings. The normalized spacial score (nSPS) is 19.3. The van der Waals surface area contributed by atoms with Gasteiger partial charge in [0, 0.05) is 44.8 Å². The predicted octanol–water partition coefficient (Wildman–Crippen LogP) is 1.81. The number of piperidine rings is 1. The van der Waals surface area contributed by atoms with Crippen molar-refractivity contribution in [1.82, 2.24) is 19.0 Å². The number of imidazole rings is 1. The maximum atomic E-state index is 13.0. The topological polar surface area (TPSA) is 80.4 Å². The Morgan fingerprint density at radius 2 is 1.93 bits per heavy atom. The second-order valence-corrected chi connectivity index (χ2v) is 7.79. The molecule has 2 aromatic heterocycles. The molecule has 1 saturated heterocycles. The van der Waals surface area contributed by atoms with Crippen molar-refractivity contribution >= 4 is 5.91 Å². The molecule has 1 atom stereocenters. The van der Waals surface area contributed by atoms with Crippen LogP contribution < -0.4 is 5.56 Å². The second kappa shape index (κ2) is 6.96. The zero-order valence-electron chi connectivity index (χ0n) is 15.8. The van der Waals surface area contributed by atoms with Gasteiger partial charge in [0.25, 0.3) is 11.5 Å². The third-order valence-electron chi connectivity index (χ3n) is 5.88. The number of likely N-dealkylation sites (tertiary alicyclic amines) is 1. The Morgan fingerprint density at radius 3 is 2.52 bits per heavy atom. The van der Waals surface area contributed by atoms with Gasteiger partial charge in [0.1, 0.15) is 17.5 Å². The number of aliphatic hydroxyl groups is 1. The van der Waals surface area contributed by atoms with E-state index in [-0.39, 0.29) is 23.4 Å². The van der Waals surface area contributed by atoms with Gasteiger partial charge in [0.2, 0.25) is 0 Å². The second-order valence-electron chi connectivity index (χ2n) is 7.79. The van der Waals surface area contributed by atoms with Crippen molar-refractivity contribution in [3.63, 3.8) is 0 Å². The van der Waals surface area contributed by atoms with Crippen LogP contribution >= 0.6 is 0 Å². The number of hydrogen-bond donors (Lipinski definition) is 1. The first-order valence-electron chi connectivity index (χ1n) is 9.63. The van der Waals surface area contributed by atoms with Crippen molar-refractivity contribution < 1.29 is 9.90 Å². The number of rotatable bonds is 4. The van der Waals surface area contributed by atoms with E-state index >= 15 is 0 Å². The number of hydrogen-bond acceptors (Lipinski definition) is 4. The third-order valence-corrected chi connectivity index (χ3v) is 5.88. The average Bonchev–Trinajstić information content (AvgIpc) is 3.41. The van der Waals surface area contributed by atoms with E-state index < -0.39 is 6.10 Å². The molecule has 1 amide bonds. The molecule has 0 spiro atoms. The maximum absolute atomic E-state index is 13.0. The molecular weight excluding hydrogens is 344 g/mol. The zero-order chi connectivity index (χ0) is 19.1. The molecule has 0 radical (unpaired) electrons. The average molecular weight is 370 g/mol. The summed E-state index contributed by atoms with van der Waals surface area (Å²) in [5.41, 5.74) is 0.863. The van der Waals surface area contributed by atoms with Crippen molar-refractivity contribution in [2.45, 2.75) is 44.8 Å². The smallest absolute Gasteiger partial charge is 0.263 e. The Balaban J connectivity index is 1.47. The fourth-order valence-electron chi connectivity index (χ4n) is 3.99. The summed E-state index contributed by atoms with van der Waals surface area (Å²) < 4.78 is 3.54. The van der Waals surface area contributed by atoms with Crippen LogP contribution in [0.15, 0.2) is 29.5 Å². The van der Waals surface area contributed by atoms with Gasteiger partial charge in [-0.1, -0.05) is 0 Å². The molecule has 1 aliphatic heterocycles. The van der Waals surface area contributed by atoms with Crippen LogP contribution in [0.4, 0.5) is 0 Å². The highest BCUT2D eigenvalue weighted by atomic mass is 16.3. The lowest BCUT2D eigenvalue weighted by Gasteiger charge is -2.34. The summed E-state index contributed by atoms with van der Waals surface area (Å²) in [4.78, 5) is 31.8. The van der Waals surface area contributed by atoms with Gasteiger partial charge in [-0.2, -0.15) is 0 Å². The summed E-state index contributed by atoms with van der Waals surface area (Å²) >= 11 is 0. The first-order valence-corrected chi connectivity index (χ1v) is 9.63. The van der Waals surface area contributed by atoms with Crippen LogP contribution in [0.2, 0.25) is 0 Å². The molecule has 0 aromatic carbocycles. The summed E-state index contributed by atoms with van der Waals surface area (Å²) in [5, 5.41) is 10.6. The minimum atomic E-state index is -0.632. The predicted molar refractivity (Wildman–Crippen MR) is 101 cm³/mol. The van der Waals surface area contributed by atoms with E-state index in [9.17, 15) is 14.7 Å². The lowest BCUT2D eigenvalue weighted by Crippen LogP contribution is -2.43. The van der Waals surface area contributed by atoms with E-state index in [1.165, 1.54) is 0 Å². The fourth-order valence-corrected chi connectivity index (χ4v) is 3.99. The highest BCUT2D eigenvalue weighted by Crippen LogP contribution is 2.34. The lowest BCUT2D eigenvalue weighted by molar-refractivity contribution is 0.0418. The number of aromatic nitrogens is 3. The van der Waals surface area contributed by atoms with Gasteiger partial charge < -0.3 is 19.1 Å². The molecule has 2 fully saturated rings. The van der Waals surface area contributed by atoms with Crippen LogP contribution in [0.1, 0.15) is 59.6 Å². The molecule has 3 heterocycles. The van der Waals surface area contributed by atoms with Crippen LogP contribution in [0.5, 0.6) is 0 Å². The van der Waals surface area contributed by atoms with Crippen molar-refractivity contribution in [1.29, 1.82) is 0 Å². The Kier molecular flexibility index (Phi) is 4.63. The molecule has 2 aliphatic rings. The largest absolute Gasteiger partial charge is 0.385 e. The molecule has 0 bridgehead atoms. The van der Waals surface area contributed by atoms with Gasteiger partial charge >= 0.3 is 0 Å². The van der Waals surface area contributed by atoms with Crippen LogP contribution in [-0.2, 0) is 7.05 Å². The van der Waals surface area contributed by atoms with Crippen LogP contribution in [0, 0.1) is 12.8 Å². The van der Waals surface area contributed by atoms with E-state index in [2.05, 4.69) is 4.98 Å². The van der Waals surface area contributed by atoms with Crippen molar-refractivity contribution in [2.24, 2.45) is 13.0 Å². The minimum absolute atomic E-state index is 0.0649. The Labute approximate surface area is 158 Å². The van der Waals surface area contributed by atoms with Gasteiger partial charge in [-0.15, -0.1) is 0 Å². The first kappa shape index (κ1) is 18.0. The van der Waals surface area contributed by atoms with E-state index in [1.54, 1.807) is 15.7 Å². The van der Waals surface area contributed by atoms with Gasteiger partial charge in [-0.3, -0.25) is 9.59 Å². The number of carbonyl (C=O) groups excluding carboxylic acids is 1. The molecule has 4 rings (SSSR count). The molecular formula is C20H26N4O3. The molecule has 1 aliphatic carbocycles. The van der Waals surface area contributed by atoms with E-state index in [1.807, 2.05) is 37.0 Å². The van der Waals surface area contributed by atoms with Crippen molar-refractivity contribution in [3.05, 3.63) is 52.0 Å². The highest BCUT2D eigenvalue weighted by molar-refractivity contribution is 5.95. The van der Waals surface area contributed by atoms with Gasteiger partial charge in [-0.25, -0.2) is 4.98 Å². The fraction of sp³-hybridized carbons (Fsp3) is 0.550. The van der Waals surface area contributed by atoms with Crippen LogP contribution in [0.25, 0.3) is 0 Å². The monoisotopic (exact) mass is 370 g/mol. The standard InChI is InChI=1S/C20H26N4O3/c1-13-5-11-24(15-3-4-15)20(27)16(13)19(26)23-9-6-14(7-10-23)17(25)18-21-8-12-22(18)2/h5,8,11-12,14-15,17,25H,3-4,6-7,9-10H2,1-2H3. The van der Waals surface area contributed by atoms with E-state index in [4.69, 9.17) is 0 Å². The van der Waals surface area contributed by atoms with Gasteiger partial charge in [0.05, 0.1) is 0 Å². The Morgan fingerprint density at radius 1 is 1.22 bits per heavy atom. The van der Waals surface area contributed by atoms with E-state index in [0.29, 0.717) is 37.3 Å². The maximum Gasteiger partial charge on any atom is 0.263 e. The number of aryl methyl sites for hydroxylation is 2. The van der Waals surface area contributed by atoms with Crippen molar-refractivity contribution in [2.75, 3.05) is 13.1 Å². The van der Waals surface area contributed by atoms with Crippen LogP contribution in [-0.4, -0.2) is 43.1 Å². The molecule has 144 valence electrons. The summed E-state index contributed by atoms with van der Waals surface area (Å²) in [6.45, 7) is 2.91. The quantitative estimate of drug-likeness (QED) is 0.890. The minimum Gasteiger partial charge on any atom is -0.385 e. The molecule has 27 heavy (non-hydrogen) atoms. The summed E-state index contributed by atoms with van der Waals surface area (Å²) in [7, 11) is 1.87. The van der Waals surface area contributed by atoms with Gasteiger partial charge in [-0.05, 0) is 50.2 Å². The Hall–Kier alpha value is -2.41. The van der Waals surface area contributed by atoms with Crippen LogP contribution in [0.3, 0.4) is 0 Å². The number of amides is 1. The third kappa shape index (κ3) is 3.32. The number of nitrogens with zero attached hydrogens (tertiary/aromatic N) is 4. The molecule has 1 saturated carbocycles.